The summed E-state index contributed by atoms with van der Waals surface area (Å²) in [4.78, 5) is 2.66. The largest absolute Gasteiger partial charge is 0.330 e. The second-order valence-corrected chi connectivity index (χ2v) is 5.50. The number of likely N-dealkylation sites (tertiary alicyclic amines) is 1. The molecule has 1 aliphatic heterocycles. The minimum Gasteiger partial charge on any atom is -0.330 e. The van der Waals surface area contributed by atoms with Crippen molar-refractivity contribution >= 4 is 0 Å². The average Bonchev–Trinajstić information content (AvgIpc) is 2.21. The average molecular weight is 212 g/mol. The van der Waals surface area contributed by atoms with Crippen LogP contribution in [-0.4, -0.2) is 30.6 Å². The summed E-state index contributed by atoms with van der Waals surface area (Å²) >= 11 is 0. The van der Waals surface area contributed by atoms with Gasteiger partial charge in [-0.05, 0) is 64.1 Å². The van der Waals surface area contributed by atoms with Gasteiger partial charge in [-0.15, -0.1) is 0 Å². The van der Waals surface area contributed by atoms with Crippen molar-refractivity contribution < 1.29 is 0 Å². The molecule has 0 bridgehead atoms. The Balaban J connectivity index is 2.15. The minimum absolute atomic E-state index is 0.698. The third kappa shape index (κ3) is 4.52. The molecule has 2 N–H and O–H groups in total. The number of piperidine rings is 1. The van der Waals surface area contributed by atoms with Gasteiger partial charge in [-0.2, -0.15) is 0 Å². The van der Waals surface area contributed by atoms with E-state index in [1.54, 1.807) is 0 Å². The molecule has 2 nitrogen and oxygen atoms in total. The highest BCUT2D eigenvalue weighted by molar-refractivity contribution is 4.76. The van der Waals surface area contributed by atoms with Gasteiger partial charge >= 0.3 is 0 Å². The van der Waals surface area contributed by atoms with Crippen molar-refractivity contribution in [3.8, 4) is 0 Å². The lowest BCUT2D eigenvalue weighted by Gasteiger charge is -2.36. The molecule has 0 amide bonds. The summed E-state index contributed by atoms with van der Waals surface area (Å²) in [5.74, 6) is 1.63. The fraction of sp³-hybridized carbons (Fsp3) is 1.00. The molecule has 0 radical (unpaired) electrons. The molecule has 2 heteroatoms. The SMILES string of the molecule is CC(CN)CCCN1CCC(C)CC1C. The third-order valence-electron chi connectivity index (χ3n) is 3.82. The Labute approximate surface area is 95.2 Å². The molecule has 15 heavy (non-hydrogen) atoms. The van der Waals surface area contributed by atoms with Crippen LogP contribution in [0.15, 0.2) is 0 Å². The molecule has 0 aliphatic carbocycles. The van der Waals surface area contributed by atoms with Crippen molar-refractivity contribution in [2.75, 3.05) is 19.6 Å². The van der Waals surface area contributed by atoms with Crippen molar-refractivity contribution in [2.45, 2.75) is 52.5 Å². The fourth-order valence-electron chi connectivity index (χ4n) is 2.55. The molecule has 0 aromatic rings. The van der Waals surface area contributed by atoms with Crippen LogP contribution in [0.4, 0.5) is 0 Å². The van der Waals surface area contributed by atoms with Gasteiger partial charge in [0, 0.05) is 6.04 Å². The molecule has 0 aromatic heterocycles. The zero-order chi connectivity index (χ0) is 11.3. The number of hydrogen-bond donors (Lipinski definition) is 1. The summed E-state index contributed by atoms with van der Waals surface area (Å²) in [5, 5.41) is 0. The summed E-state index contributed by atoms with van der Waals surface area (Å²) in [5.41, 5.74) is 5.62. The first-order chi connectivity index (χ1) is 7.13. The maximum Gasteiger partial charge on any atom is 0.00694 e. The summed E-state index contributed by atoms with van der Waals surface area (Å²) in [6, 6.07) is 0.793. The van der Waals surface area contributed by atoms with Crippen LogP contribution < -0.4 is 5.73 Å². The molecule has 0 spiro atoms. The Morgan fingerprint density at radius 2 is 2.13 bits per heavy atom. The van der Waals surface area contributed by atoms with Gasteiger partial charge in [0.05, 0.1) is 0 Å². The molecule has 1 rings (SSSR count). The van der Waals surface area contributed by atoms with Gasteiger partial charge in [-0.3, -0.25) is 0 Å². The first kappa shape index (κ1) is 13.0. The molecule has 1 aliphatic rings. The van der Waals surface area contributed by atoms with Gasteiger partial charge in [-0.25, -0.2) is 0 Å². The van der Waals surface area contributed by atoms with Crippen LogP contribution >= 0.6 is 0 Å². The third-order valence-corrected chi connectivity index (χ3v) is 3.82. The van der Waals surface area contributed by atoms with Crippen LogP contribution in [0.5, 0.6) is 0 Å². The molecular formula is C13H28N2. The van der Waals surface area contributed by atoms with Crippen LogP contribution in [0, 0.1) is 11.8 Å². The van der Waals surface area contributed by atoms with E-state index in [-0.39, 0.29) is 0 Å². The van der Waals surface area contributed by atoms with Crippen molar-refractivity contribution in [1.29, 1.82) is 0 Å². The van der Waals surface area contributed by atoms with E-state index in [4.69, 9.17) is 5.73 Å². The van der Waals surface area contributed by atoms with Crippen LogP contribution in [0.25, 0.3) is 0 Å². The number of nitrogens with two attached hydrogens (primary N) is 1. The molecule has 0 aromatic carbocycles. The lowest BCUT2D eigenvalue weighted by atomic mass is 9.93. The van der Waals surface area contributed by atoms with Gasteiger partial charge in [-0.1, -0.05) is 13.8 Å². The van der Waals surface area contributed by atoms with E-state index >= 15 is 0 Å². The lowest BCUT2D eigenvalue weighted by molar-refractivity contribution is 0.126. The van der Waals surface area contributed by atoms with Crippen LogP contribution in [0.1, 0.15) is 46.5 Å². The quantitative estimate of drug-likeness (QED) is 0.758. The summed E-state index contributed by atoms with van der Waals surface area (Å²) in [7, 11) is 0. The van der Waals surface area contributed by atoms with Crippen LogP contribution in [-0.2, 0) is 0 Å². The van der Waals surface area contributed by atoms with Crippen LogP contribution in [0.3, 0.4) is 0 Å². The van der Waals surface area contributed by atoms with E-state index in [9.17, 15) is 0 Å². The molecule has 1 fully saturated rings. The smallest absolute Gasteiger partial charge is 0.00694 e. The molecular weight excluding hydrogens is 184 g/mol. The van der Waals surface area contributed by atoms with Crippen molar-refractivity contribution in [3.05, 3.63) is 0 Å². The van der Waals surface area contributed by atoms with E-state index in [0.29, 0.717) is 5.92 Å². The monoisotopic (exact) mass is 212 g/mol. The highest BCUT2D eigenvalue weighted by atomic mass is 15.2. The van der Waals surface area contributed by atoms with E-state index < -0.39 is 0 Å². The maximum atomic E-state index is 5.62. The number of rotatable bonds is 5. The number of nitrogens with zero attached hydrogens (tertiary/aromatic N) is 1. The lowest BCUT2D eigenvalue weighted by Crippen LogP contribution is -2.40. The summed E-state index contributed by atoms with van der Waals surface area (Å²) in [6.07, 6.45) is 5.37. The van der Waals surface area contributed by atoms with Gasteiger partial charge in [0.1, 0.15) is 0 Å². The Bertz CT molecular complexity index is 170. The molecule has 0 saturated carbocycles. The first-order valence-electron chi connectivity index (χ1n) is 6.57. The van der Waals surface area contributed by atoms with Crippen LogP contribution in [0.2, 0.25) is 0 Å². The summed E-state index contributed by atoms with van der Waals surface area (Å²) < 4.78 is 0. The zero-order valence-corrected chi connectivity index (χ0v) is 10.7. The first-order valence-corrected chi connectivity index (χ1v) is 6.57. The van der Waals surface area contributed by atoms with Gasteiger partial charge in [0.15, 0.2) is 0 Å². The predicted octanol–water partition coefficient (Wildman–Crippen LogP) is 2.48. The predicted molar refractivity (Wildman–Crippen MR) is 66.9 cm³/mol. The molecule has 90 valence electrons. The van der Waals surface area contributed by atoms with E-state index in [0.717, 1.165) is 18.5 Å². The highest BCUT2D eigenvalue weighted by Gasteiger charge is 2.21. The Kier molecular flexibility index (Phi) is 5.62. The van der Waals surface area contributed by atoms with Gasteiger partial charge in [0.2, 0.25) is 0 Å². The van der Waals surface area contributed by atoms with E-state index in [1.807, 2.05) is 0 Å². The van der Waals surface area contributed by atoms with E-state index in [2.05, 4.69) is 25.7 Å². The normalized spacial score (nSPS) is 30.4. The molecule has 1 saturated heterocycles. The topological polar surface area (TPSA) is 29.3 Å². The Morgan fingerprint density at radius 1 is 1.40 bits per heavy atom. The van der Waals surface area contributed by atoms with Crippen molar-refractivity contribution in [2.24, 2.45) is 17.6 Å². The van der Waals surface area contributed by atoms with Gasteiger partial charge in [0.25, 0.3) is 0 Å². The summed E-state index contributed by atoms with van der Waals surface area (Å²) in [6.45, 7) is 10.4. The van der Waals surface area contributed by atoms with E-state index in [1.165, 1.54) is 38.8 Å². The second-order valence-electron chi connectivity index (χ2n) is 5.50. The van der Waals surface area contributed by atoms with Gasteiger partial charge < -0.3 is 10.6 Å². The Hall–Kier alpha value is -0.0800. The number of hydrogen-bond acceptors (Lipinski definition) is 2. The standard InChI is InChI=1S/C13H28N2/c1-11-6-8-15(13(3)9-11)7-4-5-12(2)10-14/h11-13H,4-10,14H2,1-3H3. The Morgan fingerprint density at radius 3 is 2.73 bits per heavy atom. The molecule has 3 atom stereocenters. The van der Waals surface area contributed by atoms with Crippen molar-refractivity contribution in [3.63, 3.8) is 0 Å². The minimum atomic E-state index is 0.698. The molecule has 3 unspecified atom stereocenters. The second kappa shape index (κ2) is 6.49. The fourth-order valence-corrected chi connectivity index (χ4v) is 2.55. The maximum absolute atomic E-state index is 5.62. The molecule has 1 heterocycles. The van der Waals surface area contributed by atoms with Crippen molar-refractivity contribution in [1.82, 2.24) is 4.90 Å². The highest BCUT2D eigenvalue weighted by Crippen LogP contribution is 2.22. The zero-order valence-electron chi connectivity index (χ0n) is 10.7.